The number of esters is 1. The largest absolute Gasteiger partial charge is 0.456 e. The lowest BCUT2D eigenvalue weighted by atomic mass is 10.1. The van der Waals surface area contributed by atoms with E-state index in [-0.39, 0.29) is 6.10 Å². The molecule has 5 nitrogen and oxygen atoms in total. The molecule has 2 aromatic carbocycles. The van der Waals surface area contributed by atoms with E-state index in [2.05, 4.69) is 0 Å². The monoisotopic (exact) mass is 390 g/mol. The Balaban J connectivity index is 1.64. The van der Waals surface area contributed by atoms with E-state index in [9.17, 15) is 4.79 Å². The fourth-order valence-corrected chi connectivity index (χ4v) is 3.11. The van der Waals surface area contributed by atoms with E-state index in [1.807, 2.05) is 37.3 Å². The van der Waals surface area contributed by atoms with Crippen molar-refractivity contribution in [1.82, 2.24) is 0 Å². The summed E-state index contributed by atoms with van der Waals surface area (Å²) in [5.74, 6) is -0.393. The summed E-state index contributed by atoms with van der Waals surface area (Å²) in [6, 6.07) is 16.4. The van der Waals surface area contributed by atoms with Crippen molar-refractivity contribution >= 4 is 17.6 Å². The molecule has 1 aliphatic rings. The van der Waals surface area contributed by atoms with Gasteiger partial charge in [0.2, 0.25) is 0 Å². The molecule has 0 saturated carbocycles. The van der Waals surface area contributed by atoms with Crippen LogP contribution in [0.15, 0.2) is 54.6 Å². The minimum atomic E-state index is -0.500. The average molecular weight is 391 g/mol. The number of hydrogen-bond acceptors (Lipinski definition) is 5. The Bertz CT molecular complexity index is 751. The van der Waals surface area contributed by atoms with E-state index in [1.165, 1.54) is 0 Å². The molecular formula is C21H23ClO5. The molecule has 0 aromatic heterocycles. The summed E-state index contributed by atoms with van der Waals surface area (Å²) >= 11 is 6.19. The van der Waals surface area contributed by atoms with Gasteiger partial charge in [0.05, 0.1) is 18.8 Å². The zero-order chi connectivity index (χ0) is 19.2. The maximum absolute atomic E-state index is 12.3. The van der Waals surface area contributed by atoms with Gasteiger partial charge in [-0.3, -0.25) is 0 Å². The molecule has 1 fully saturated rings. The number of benzene rings is 2. The minimum absolute atomic E-state index is 0.321. The SMILES string of the molecule is CC(OC(=O)c1ccccc1)[C@H]1O[C@H](C)OC[C@@H]1OCc1ccccc1Cl. The van der Waals surface area contributed by atoms with Crippen LogP contribution in [0.4, 0.5) is 0 Å². The Morgan fingerprint density at radius 2 is 1.89 bits per heavy atom. The Labute approximate surface area is 164 Å². The maximum Gasteiger partial charge on any atom is 0.338 e. The summed E-state index contributed by atoms with van der Waals surface area (Å²) in [6.07, 6.45) is -1.71. The number of rotatable bonds is 6. The number of carbonyl (C=O) groups is 1. The Hall–Kier alpha value is -1.92. The van der Waals surface area contributed by atoms with Gasteiger partial charge in [-0.2, -0.15) is 0 Å². The zero-order valence-corrected chi connectivity index (χ0v) is 16.1. The molecule has 6 heteroatoms. The second-order valence-electron chi connectivity index (χ2n) is 6.42. The number of hydrogen-bond donors (Lipinski definition) is 0. The van der Waals surface area contributed by atoms with E-state index in [4.69, 9.17) is 30.5 Å². The summed E-state index contributed by atoms with van der Waals surface area (Å²) in [7, 11) is 0. The van der Waals surface area contributed by atoms with Crippen molar-refractivity contribution in [3.05, 3.63) is 70.7 Å². The van der Waals surface area contributed by atoms with Crippen LogP contribution in [0.2, 0.25) is 5.02 Å². The van der Waals surface area contributed by atoms with Gasteiger partial charge in [0.15, 0.2) is 6.29 Å². The lowest BCUT2D eigenvalue weighted by molar-refractivity contribution is -0.272. The number of carbonyl (C=O) groups excluding carboxylic acids is 1. The smallest absolute Gasteiger partial charge is 0.338 e. The zero-order valence-electron chi connectivity index (χ0n) is 15.3. The Morgan fingerprint density at radius 3 is 2.63 bits per heavy atom. The normalized spacial score (nSPS) is 23.6. The first kappa shape index (κ1) is 19.8. The molecule has 0 radical (unpaired) electrons. The molecule has 0 amide bonds. The van der Waals surface area contributed by atoms with Crippen LogP contribution in [0.25, 0.3) is 0 Å². The minimum Gasteiger partial charge on any atom is -0.456 e. The molecular weight excluding hydrogens is 368 g/mol. The summed E-state index contributed by atoms with van der Waals surface area (Å²) in [6.45, 7) is 4.28. The van der Waals surface area contributed by atoms with Crippen LogP contribution in [-0.2, 0) is 25.6 Å². The lowest BCUT2D eigenvalue weighted by Gasteiger charge is -2.37. The van der Waals surface area contributed by atoms with Gasteiger partial charge in [-0.15, -0.1) is 0 Å². The fourth-order valence-electron chi connectivity index (χ4n) is 2.92. The quantitative estimate of drug-likeness (QED) is 0.691. The highest BCUT2D eigenvalue weighted by atomic mass is 35.5. The van der Waals surface area contributed by atoms with Crippen LogP contribution in [0.5, 0.6) is 0 Å². The van der Waals surface area contributed by atoms with Gasteiger partial charge in [-0.05, 0) is 37.6 Å². The predicted octanol–water partition coefficient (Wildman–Crippen LogP) is 4.23. The van der Waals surface area contributed by atoms with Gasteiger partial charge < -0.3 is 18.9 Å². The molecule has 1 unspecified atom stereocenters. The second-order valence-corrected chi connectivity index (χ2v) is 6.83. The molecule has 27 heavy (non-hydrogen) atoms. The standard InChI is InChI=1S/C21H23ClO5/c1-14(26-21(23)16-8-4-3-5-9-16)20-19(13-24-15(2)27-20)25-12-17-10-6-7-11-18(17)22/h3-11,14-15,19-20H,12-13H2,1-2H3/t14?,15-,19+,20-/m1/s1. The molecule has 0 spiro atoms. The van der Waals surface area contributed by atoms with Gasteiger partial charge in [-0.25, -0.2) is 4.79 Å². The predicted molar refractivity (Wildman–Crippen MR) is 102 cm³/mol. The topological polar surface area (TPSA) is 54.0 Å². The van der Waals surface area contributed by atoms with Gasteiger partial charge in [-0.1, -0.05) is 48.0 Å². The first-order valence-corrected chi connectivity index (χ1v) is 9.30. The highest BCUT2D eigenvalue weighted by molar-refractivity contribution is 6.31. The van der Waals surface area contributed by atoms with Crippen molar-refractivity contribution in [2.24, 2.45) is 0 Å². The lowest BCUT2D eigenvalue weighted by Crippen LogP contribution is -2.50. The Kier molecular flexibility index (Phi) is 6.85. The van der Waals surface area contributed by atoms with Crippen molar-refractivity contribution in [2.75, 3.05) is 6.61 Å². The fraction of sp³-hybridized carbons (Fsp3) is 0.381. The molecule has 2 aromatic rings. The third kappa shape index (κ3) is 5.30. The van der Waals surface area contributed by atoms with Crippen LogP contribution >= 0.6 is 11.6 Å². The molecule has 144 valence electrons. The molecule has 0 N–H and O–H groups in total. The highest BCUT2D eigenvalue weighted by Gasteiger charge is 2.37. The van der Waals surface area contributed by atoms with Crippen LogP contribution < -0.4 is 0 Å². The third-order valence-electron chi connectivity index (χ3n) is 4.39. The molecule has 4 atom stereocenters. The van der Waals surface area contributed by atoms with Crippen LogP contribution in [0, 0.1) is 0 Å². The van der Waals surface area contributed by atoms with Crippen molar-refractivity contribution in [3.8, 4) is 0 Å². The van der Waals surface area contributed by atoms with Crippen molar-refractivity contribution in [1.29, 1.82) is 0 Å². The maximum atomic E-state index is 12.3. The van der Waals surface area contributed by atoms with Crippen molar-refractivity contribution < 1.29 is 23.7 Å². The molecule has 0 aliphatic carbocycles. The van der Waals surface area contributed by atoms with Crippen molar-refractivity contribution in [3.63, 3.8) is 0 Å². The average Bonchev–Trinajstić information content (AvgIpc) is 2.68. The Morgan fingerprint density at radius 1 is 1.19 bits per heavy atom. The van der Waals surface area contributed by atoms with Crippen LogP contribution in [0.1, 0.15) is 29.8 Å². The molecule has 1 aliphatic heterocycles. The number of ether oxygens (including phenoxy) is 4. The van der Waals surface area contributed by atoms with Crippen LogP contribution in [-0.4, -0.2) is 37.2 Å². The second kappa shape index (κ2) is 9.33. The highest BCUT2D eigenvalue weighted by Crippen LogP contribution is 2.24. The summed E-state index contributed by atoms with van der Waals surface area (Å²) in [5.41, 5.74) is 1.38. The van der Waals surface area contributed by atoms with E-state index in [0.29, 0.717) is 23.8 Å². The van der Waals surface area contributed by atoms with Gasteiger partial charge in [0.1, 0.15) is 18.3 Å². The summed E-state index contributed by atoms with van der Waals surface area (Å²) < 4.78 is 23.0. The summed E-state index contributed by atoms with van der Waals surface area (Å²) in [5, 5.41) is 0.642. The third-order valence-corrected chi connectivity index (χ3v) is 4.75. The van der Waals surface area contributed by atoms with E-state index in [0.717, 1.165) is 5.56 Å². The van der Waals surface area contributed by atoms with Crippen molar-refractivity contribution in [2.45, 2.75) is 45.1 Å². The molecule has 3 rings (SSSR count). The first-order chi connectivity index (χ1) is 13.0. The van der Waals surface area contributed by atoms with Gasteiger partial charge in [0, 0.05) is 5.02 Å². The van der Waals surface area contributed by atoms with E-state index in [1.54, 1.807) is 31.2 Å². The summed E-state index contributed by atoms with van der Waals surface area (Å²) in [4.78, 5) is 12.3. The number of halogens is 1. The van der Waals surface area contributed by atoms with E-state index < -0.39 is 24.5 Å². The van der Waals surface area contributed by atoms with Crippen LogP contribution in [0.3, 0.4) is 0 Å². The van der Waals surface area contributed by atoms with Gasteiger partial charge >= 0.3 is 5.97 Å². The van der Waals surface area contributed by atoms with Gasteiger partial charge in [0.25, 0.3) is 0 Å². The molecule has 1 heterocycles. The first-order valence-electron chi connectivity index (χ1n) is 8.92. The molecule has 1 saturated heterocycles. The molecule has 0 bridgehead atoms. The van der Waals surface area contributed by atoms with E-state index >= 15 is 0 Å².